The highest BCUT2D eigenvalue weighted by Crippen LogP contribution is 2.46. The Morgan fingerprint density at radius 2 is 0.961 bits per heavy atom. The third-order valence-electron chi connectivity index (χ3n) is 13.8. The van der Waals surface area contributed by atoms with E-state index >= 15 is 0 Å². The van der Waals surface area contributed by atoms with E-state index in [1.807, 2.05) is 200 Å². The number of ether oxygens (including phenoxy) is 11. The summed E-state index contributed by atoms with van der Waals surface area (Å²) in [6.45, 7) is 0.291. The Kier molecular flexibility index (Phi) is 18.6. The fourth-order valence-electron chi connectivity index (χ4n) is 9.86. The summed E-state index contributed by atoms with van der Waals surface area (Å²) >= 11 is 0. The molecule has 7 aromatic rings. The first-order valence-corrected chi connectivity index (χ1v) is 25.7. The van der Waals surface area contributed by atoms with Crippen LogP contribution >= 0.6 is 0 Å². The lowest BCUT2D eigenvalue weighted by Crippen LogP contribution is -2.57. The Bertz CT molecular complexity index is 2820. The average molecular weight is 1050 g/mol. The minimum Gasteiger partial charge on any atom is -0.497 e. The minimum absolute atomic E-state index is 0.00190. The fourth-order valence-corrected chi connectivity index (χ4v) is 9.86. The molecule has 8 atom stereocenters. The van der Waals surface area contributed by atoms with Gasteiger partial charge in [-0.3, -0.25) is 4.79 Å². The van der Waals surface area contributed by atoms with E-state index in [0.29, 0.717) is 22.6 Å². The van der Waals surface area contributed by atoms with Gasteiger partial charge in [0.15, 0.2) is 0 Å². The molecule has 0 unspecified atom stereocenters. The maximum absolute atomic E-state index is 13.3. The first-order valence-electron chi connectivity index (χ1n) is 25.7. The van der Waals surface area contributed by atoms with Crippen LogP contribution in [-0.2, 0) is 79.5 Å². The van der Waals surface area contributed by atoms with E-state index in [9.17, 15) is 15.0 Å². The molecule has 402 valence electrons. The van der Waals surface area contributed by atoms with Gasteiger partial charge in [-0.1, -0.05) is 176 Å². The lowest BCUT2D eigenvalue weighted by Gasteiger charge is -2.42. The predicted octanol–water partition coefficient (Wildman–Crippen LogP) is 9.11. The molecule has 0 spiro atoms. The quantitative estimate of drug-likeness (QED) is 0.0391. The van der Waals surface area contributed by atoms with E-state index in [0.717, 1.165) is 27.8 Å². The molecule has 2 heterocycles. The molecule has 0 aromatic heterocycles. The first kappa shape index (κ1) is 55.0. The Morgan fingerprint density at radius 3 is 1.44 bits per heavy atom. The zero-order chi connectivity index (χ0) is 53.5. The standard InChI is InChI=1S/C63H66O14/c1-45(64)70-42-55-57(65)59(72-39-48-23-13-6-14-24-48)62(77-55,44-75-63(50-27-17-8-18-28-50,51-29-33-53(67-2)34-30-51)52-31-35-54(68-3)36-32-52)74-43-61(66)60(73-40-49-25-15-7-16-26-49)58(71-38-47-21-11-5-12-22-47)56(76-61)41-69-37-46-19-9-4-10-20-46/h4-36,55-60,65-66H,37-44H2,1-3H3/t55-,56-,57-,58-,59+,60+,61-,62-/m1/s1. The highest BCUT2D eigenvalue weighted by Gasteiger charge is 2.62. The van der Waals surface area contributed by atoms with Gasteiger partial charge in [0.1, 0.15) is 73.5 Å². The van der Waals surface area contributed by atoms with Crippen molar-refractivity contribution in [3.63, 3.8) is 0 Å². The summed E-state index contributed by atoms with van der Waals surface area (Å²) in [5, 5.41) is 25.8. The molecule has 0 aliphatic carbocycles. The molecule has 0 radical (unpaired) electrons. The van der Waals surface area contributed by atoms with Gasteiger partial charge in [0.05, 0.1) is 47.3 Å². The third kappa shape index (κ3) is 13.3. The van der Waals surface area contributed by atoms with E-state index in [1.54, 1.807) is 14.2 Å². The summed E-state index contributed by atoms with van der Waals surface area (Å²) in [5.74, 6) is -3.71. The van der Waals surface area contributed by atoms with Gasteiger partial charge in [-0.05, 0) is 63.2 Å². The molecule has 2 saturated heterocycles. The van der Waals surface area contributed by atoms with Crippen LogP contribution in [0.25, 0.3) is 0 Å². The number of rotatable bonds is 26. The number of methoxy groups -OCH3 is 2. The largest absolute Gasteiger partial charge is 0.497 e. The van der Waals surface area contributed by atoms with Crippen LogP contribution in [0.2, 0.25) is 0 Å². The van der Waals surface area contributed by atoms with Crippen LogP contribution in [0, 0.1) is 0 Å². The first-order chi connectivity index (χ1) is 37.6. The summed E-state index contributed by atoms with van der Waals surface area (Å²) in [5.41, 5.74) is 4.16. The zero-order valence-electron chi connectivity index (χ0n) is 43.5. The minimum atomic E-state index is -2.28. The molecule has 2 aliphatic rings. The van der Waals surface area contributed by atoms with Gasteiger partial charge in [0.25, 0.3) is 0 Å². The molecule has 9 rings (SSSR count). The summed E-state index contributed by atoms with van der Waals surface area (Å²) in [6.07, 6.45) is -7.04. The Balaban J connectivity index is 1.14. The molecule has 14 heteroatoms. The van der Waals surface area contributed by atoms with Crippen molar-refractivity contribution < 1.29 is 67.1 Å². The van der Waals surface area contributed by atoms with Crippen molar-refractivity contribution in [2.75, 3.05) is 40.6 Å². The van der Waals surface area contributed by atoms with Gasteiger partial charge in [0.2, 0.25) is 11.6 Å². The molecule has 7 aromatic carbocycles. The molecule has 2 N–H and O–H groups in total. The van der Waals surface area contributed by atoms with E-state index in [1.165, 1.54) is 6.92 Å². The predicted molar refractivity (Wildman–Crippen MR) is 285 cm³/mol. The van der Waals surface area contributed by atoms with Crippen LogP contribution in [0.15, 0.2) is 200 Å². The van der Waals surface area contributed by atoms with E-state index in [-0.39, 0.29) is 39.6 Å². The maximum Gasteiger partial charge on any atom is 0.302 e. The van der Waals surface area contributed by atoms with E-state index in [2.05, 4.69) is 0 Å². The van der Waals surface area contributed by atoms with Crippen LogP contribution < -0.4 is 9.47 Å². The summed E-state index contributed by atoms with van der Waals surface area (Å²) in [6, 6.07) is 63.2. The number of hydrogen-bond acceptors (Lipinski definition) is 14. The van der Waals surface area contributed by atoms with Crippen molar-refractivity contribution >= 4 is 5.97 Å². The van der Waals surface area contributed by atoms with Crippen molar-refractivity contribution in [1.29, 1.82) is 0 Å². The van der Waals surface area contributed by atoms with Crippen molar-refractivity contribution in [1.82, 2.24) is 0 Å². The van der Waals surface area contributed by atoms with Crippen molar-refractivity contribution in [2.24, 2.45) is 0 Å². The molecule has 0 amide bonds. The second-order valence-corrected chi connectivity index (χ2v) is 19.0. The fraction of sp³-hybridized carbons (Fsp3) is 0.317. The van der Waals surface area contributed by atoms with Gasteiger partial charge >= 0.3 is 5.97 Å². The van der Waals surface area contributed by atoms with Gasteiger partial charge in [-0.25, -0.2) is 0 Å². The van der Waals surface area contributed by atoms with Crippen LogP contribution in [0.3, 0.4) is 0 Å². The molecule has 14 nitrogen and oxygen atoms in total. The van der Waals surface area contributed by atoms with Gasteiger partial charge in [0, 0.05) is 6.92 Å². The third-order valence-corrected chi connectivity index (χ3v) is 13.8. The monoisotopic (exact) mass is 1050 g/mol. The number of hydrogen-bond donors (Lipinski definition) is 2. The highest BCUT2D eigenvalue weighted by atomic mass is 16.8. The molecule has 0 saturated carbocycles. The summed E-state index contributed by atoms with van der Waals surface area (Å²) in [4.78, 5) is 12.4. The van der Waals surface area contributed by atoms with Crippen molar-refractivity contribution in [3.05, 3.63) is 239 Å². The maximum atomic E-state index is 13.3. The van der Waals surface area contributed by atoms with Crippen LogP contribution in [-0.4, -0.2) is 105 Å². The molecule has 0 bridgehead atoms. The van der Waals surface area contributed by atoms with Crippen molar-refractivity contribution in [3.8, 4) is 11.5 Å². The van der Waals surface area contributed by atoms with Crippen LogP contribution in [0.1, 0.15) is 45.9 Å². The molecule has 77 heavy (non-hydrogen) atoms. The number of aliphatic hydroxyl groups excluding tert-OH is 1. The average Bonchev–Trinajstić information content (AvgIpc) is 3.96. The van der Waals surface area contributed by atoms with Gasteiger partial charge in [-0.15, -0.1) is 0 Å². The Labute approximate surface area is 449 Å². The second kappa shape index (κ2) is 26.0. The van der Waals surface area contributed by atoms with Crippen LogP contribution in [0.4, 0.5) is 0 Å². The molecule has 2 fully saturated rings. The summed E-state index contributed by atoms with van der Waals surface area (Å²) < 4.78 is 71.6. The number of carbonyl (C=O) groups excluding carboxylic acids is 1. The summed E-state index contributed by atoms with van der Waals surface area (Å²) in [7, 11) is 3.20. The highest BCUT2D eigenvalue weighted by molar-refractivity contribution is 5.65. The number of esters is 1. The normalized spacial score (nSPS) is 23.1. The SMILES string of the molecule is COc1ccc(C(OC[C@@]2(OC[C@@]3(O)O[C@H](COCc4ccccc4)[C@@H](OCc4ccccc4)[C@@H]3OCc3ccccc3)O[C@H](COC(C)=O)[C@@H](O)[C@@H]2OCc2ccccc2)(c2ccccc2)c2ccc(OC)cc2)cc1. The lowest BCUT2D eigenvalue weighted by atomic mass is 9.80. The Hall–Kier alpha value is -6.79. The van der Waals surface area contributed by atoms with Gasteiger partial charge in [-0.2, -0.15) is 0 Å². The second-order valence-electron chi connectivity index (χ2n) is 19.0. The molecular formula is C63H66O14. The zero-order valence-corrected chi connectivity index (χ0v) is 43.5. The molecular weight excluding hydrogens is 981 g/mol. The topological polar surface area (TPSA) is 159 Å². The van der Waals surface area contributed by atoms with Crippen molar-refractivity contribution in [2.45, 2.75) is 87.2 Å². The van der Waals surface area contributed by atoms with Crippen LogP contribution in [0.5, 0.6) is 11.5 Å². The van der Waals surface area contributed by atoms with E-state index in [4.69, 9.17) is 52.1 Å². The molecule has 2 aliphatic heterocycles. The number of carbonyl (C=O) groups is 1. The number of aliphatic hydroxyl groups is 2. The van der Waals surface area contributed by atoms with E-state index < -0.39 is 73.0 Å². The number of benzene rings is 7. The lowest BCUT2D eigenvalue weighted by molar-refractivity contribution is -0.342. The smallest absolute Gasteiger partial charge is 0.302 e. The Morgan fingerprint density at radius 1 is 0.519 bits per heavy atom. The van der Waals surface area contributed by atoms with Gasteiger partial charge < -0.3 is 62.3 Å².